The van der Waals surface area contributed by atoms with Gasteiger partial charge in [0.25, 0.3) is 0 Å². The molecular formula is C13H23NO3. The Morgan fingerprint density at radius 2 is 2.24 bits per heavy atom. The van der Waals surface area contributed by atoms with Gasteiger partial charge in [0.2, 0.25) is 0 Å². The molecule has 4 nitrogen and oxygen atoms in total. The van der Waals surface area contributed by atoms with Crippen molar-refractivity contribution in [3.8, 4) is 0 Å². The molecule has 4 atom stereocenters. The summed E-state index contributed by atoms with van der Waals surface area (Å²) in [4.78, 5) is 11.9. The fourth-order valence-corrected chi connectivity index (χ4v) is 3.06. The fourth-order valence-electron chi connectivity index (χ4n) is 3.06. The van der Waals surface area contributed by atoms with Crippen LogP contribution in [0.15, 0.2) is 0 Å². The fraction of sp³-hybridized carbons (Fsp3) is 0.923. The Balaban J connectivity index is 1.87. The maximum Gasteiger partial charge on any atom is 0.323 e. The first-order valence-electron chi connectivity index (χ1n) is 6.82. The number of rotatable bonds is 4. The number of ether oxygens (including phenoxy) is 1. The normalized spacial score (nSPS) is 36.6. The number of unbranched alkanes of at least 4 members (excludes halogenated alkanes) is 1. The van der Waals surface area contributed by atoms with Crippen LogP contribution in [0.3, 0.4) is 0 Å². The van der Waals surface area contributed by atoms with E-state index in [1.165, 1.54) is 0 Å². The number of carbonyl (C=O) groups is 1. The van der Waals surface area contributed by atoms with Gasteiger partial charge < -0.3 is 15.2 Å². The zero-order valence-corrected chi connectivity index (χ0v) is 10.5. The number of hydrogen-bond donors (Lipinski definition) is 2. The van der Waals surface area contributed by atoms with Crippen LogP contribution in [0.4, 0.5) is 0 Å². The molecule has 1 heterocycles. The average molecular weight is 241 g/mol. The third-order valence-corrected chi connectivity index (χ3v) is 4.08. The van der Waals surface area contributed by atoms with Crippen LogP contribution in [0.5, 0.6) is 0 Å². The molecule has 2 N–H and O–H groups in total. The van der Waals surface area contributed by atoms with Gasteiger partial charge in [-0.2, -0.15) is 0 Å². The molecule has 2 aliphatic rings. The first-order valence-corrected chi connectivity index (χ1v) is 6.82. The van der Waals surface area contributed by atoms with Crippen LogP contribution in [-0.4, -0.2) is 36.4 Å². The lowest BCUT2D eigenvalue weighted by Gasteiger charge is -2.31. The number of carbonyl (C=O) groups excluding carboxylic acids is 1. The predicted octanol–water partition coefficient (Wildman–Crippen LogP) is 1.08. The molecule has 2 fully saturated rings. The van der Waals surface area contributed by atoms with E-state index >= 15 is 0 Å². The van der Waals surface area contributed by atoms with Crippen molar-refractivity contribution >= 4 is 5.97 Å². The molecule has 1 saturated carbocycles. The third kappa shape index (κ3) is 2.80. The molecule has 0 radical (unpaired) electrons. The van der Waals surface area contributed by atoms with Gasteiger partial charge in [0, 0.05) is 12.5 Å². The van der Waals surface area contributed by atoms with E-state index in [0.717, 1.165) is 38.6 Å². The van der Waals surface area contributed by atoms with E-state index in [9.17, 15) is 9.90 Å². The van der Waals surface area contributed by atoms with Crippen molar-refractivity contribution < 1.29 is 14.6 Å². The lowest BCUT2D eigenvalue weighted by molar-refractivity contribution is -0.147. The van der Waals surface area contributed by atoms with Crippen LogP contribution < -0.4 is 5.32 Å². The first-order chi connectivity index (χ1) is 8.24. The summed E-state index contributed by atoms with van der Waals surface area (Å²) in [6, 6.07) is -0.188. The van der Waals surface area contributed by atoms with Crippen LogP contribution in [0.1, 0.15) is 39.0 Å². The molecule has 0 aromatic heterocycles. The van der Waals surface area contributed by atoms with Crippen molar-refractivity contribution in [2.24, 2.45) is 11.8 Å². The molecule has 0 aromatic carbocycles. The summed E-state index contributed by atoms with van der Waals surface area (Å²) in [6.07, 6.45) is 4.64. The number of hydrogen-bond acceptors (Lipinski definition) is 4. The third-order valence-electron chi connectivity index (χ3n) is 4.08. The van der Waals surface area contributed by atoms with Crippen molar-refractivity contribution in [1.29, 1.82) is 0 Å². The Bertz CT molecular complexity index is 269. The molecule has 4 heteroatoms. The Hall–Kier alpha value is -0.610. The van der Waals surface area contributed by atoms with Crippen molar-refractivity contribution in [2.45, 2.75) is 51.2 Å². The molecule has 1 saturated heterocycles. The highest BCUT2D eigenvalue weighted by Crippen LogP contribution is 2.36. The Morgan fingerprint density at radius 1 is 1.41 bits per heavy atom. The molecule has 2 rings (SSSR count). The number of fused-ring (bicyclic) bond motifs is 1. The summed E-state index contributed by atoms with van der Waals surface area (Å²) in [5, 5.41) is 13.1. The molecule has 1 aliphatic heterocycles. The van der Waals surface area contributed by atoms with Crippen molar-refractivity contribution in [2.75, 3.05) is 13.2 Å². The van der Waals surface area contributed by atoms with E-state index in [-0.39, 0.29) is 30.0 Å². The van der Waals surface area contributed by atoms with E-state index in [1.54, 1.807) is 0 Å². The molecule has 98 valence electrons. The minimum atomic E-state index is -0.241. The van der Waals surface area contributed by atoms with Crippen LogP contribution >= 0.6 is 0 Å². The Kier molecular flexibility index (Phi) is 4.40. The van der Waals surface area contributed by atoms with Crippen molar-refractivity contribution in [3.05, 3.63) is 0 Å². The second kappa shape index (κ2) is 5.83. The molecule has 0 aromatic rings. The largest absolute Gasteiger partial charge is 0.465 e. The Labute approximate surface area is 103 Å². The van der Waals surface area contributed by atoms with Crippen LogP contribution in [0.2, 0.25) is 0 Å². The summed E-state index contributed by atoms with van der Waals surface area (Å²) < 4.78 is 5.27. The highest BCUT2D eigenvalue weighted by Gasteiger charge is 2.45. The number of nitrogens with one attached hydrogen (secondary N) is 1. The summed E-state index contributed by atoms with van der Waals surface area (Å²) in [5.41, 5.74) is 0. The van der Waals surface area contributed by atoms with Gasteiger partial charge in [-0.3, -0.25) is 4.79 Å². The summed E-state index contributed by atoms with van der Waals surface area (Å²) in [7, 11) is 0. The SMILES string of the molecule is CCCCOC(=O)C1NCC2C(O)CCCC12. The van der Waals surface area contributed by atoms with Crippen LogP contribution in [-0.2, 0) is 9.53 Å². The van der Waals surface area contributed by atoms with Gasteiger partial charge in [-0.05, 0) is 25.2 Å². The van der Waals surface area contributed by atoms with Gasteiger partial charge in [-0.25, -0.2) is 0 Å². The predicted molar refractivity (Wildman–Crippen MR) is 64.5 cm³/mol. The molecule has 4 unspecified atom stereocenters. The number of esters is 1. The van der Waals surface area contributed by atoms with Crippen molar-refractivity contribution in [1.82, 2.24) is 5.32 Å². The van der Waals surface area contributed by atoms with Gasteiger partial charge in [-0.1, -0.05) is 19.8 Å². The molecular weight excluding hydrogens is 218 g/mol. The summed E-state index contributed by atoms with van der Waals surface area (Å²) in [5.74, 6) is 0.389. The van der Waals surface area contributed by atoms with Gasteiger partial charge in [0.05, 0.1) is 12.7 Å². The Morgan fingerprint density at radius 3 is 3.00 bits per heavy atom. The summed E-state index contributed by atoms with van der Waals surface area (Å²) in [6.45, 7) is 3.35. The topological polar surface area (TPSA) is 58.6 Å². The highest BCUT2D eigenvalue weighted by atomic mass is 16.5. The minimum absolute atomic E-state index is 0.125. The lowest BCUT2D eigenvalue weighted by Crippen LogP contribution is -2.40. The lowest BCUT2D eigenvalue weighted by atomic mass is 9.76. The van der Waals surface area contributed by atoms with Crippen LogP contribution in [0, 0.1) is 11.8 Å². The molecule has 0 bridgehead atoms. The molecule has 1 aliphatic carbocycles. The number of aliphatic hydroxyl groups is 1. The summed E-state index contributed by atoms with van der Waals surface area (Å²) >= 11 is 0. The smallest absolute Gasteiger partial charge is 0.323 e. The number of aliphatic hydroxyl groups excluding tert-OH is 1. The second-order valence-corrected chi connectivity index (χ2v) is 5.23. The molecule has 0 spiro atoms. The second-order valence-electron chi connectivity index (χ2n) is 5.23. The molecule has 17 heavy (non-hydrogen) atoms. The van der Waals surface area contributed by atoms with E-state index < -0.39 is 0 Å². The maximum absolute atomic E-state index is 11.9. The quantitative estimate of drug-likeness (QED) is 0.571. The zero-order valence-electron chi connectivity index (χ0n) is 10.5. The minimum Gasteiger partial charge on any atom is -0.465 e. The maximum atomic E-state index is 11.9. The van der Waals surface area contributed by atoms with Gasteiger partial charge in [-0.15, -0.1) is 0 Å². The van der Waals surface area contributed by atoms with Crippen LogP contribution in [0.25, 0.3) is 0 Å². The standard InChI is InChI=1S/C13H23NO3/c1-2-3-7-17-13(16)12-9-5-4-6-11(15)10(9)8-14-12/h9-12,14-15H,2-8H2,1H3. The van der Waals surface area contributed by atoms with Gasteiger partial charge in [0.15, 0.2) is 0 Å². The monoisotopic (exact) mass is 241 g/mol. The van der Waals surface area contributed by atoms with Gasteiger partial charge >= 0.3 is 5.97 Å². The van der Waals surface area contributed by atoms with E-state index in [4.69, 9.17) is 4.74 Å². The van der Waals surface area contributed by atoms with E-state index in [1.807, 2.05) is 0 Å². The average Bonchev–Trinajstić information content (AvgIpc) is 2.74. The van der Waals surface area contributed by atoms with E-state index in [2.05, 4.69) is 12.2 Å². The zero-order chi connectivity index (χ0) is 12.3. The first kappa shape index (κ1) is 12.8. The molecule has 0 amide bonds. The van der Waals surface area contributed by atoms with Gasteiger partial charge in [0.1, 0.15) is 6.04 Å². The highest BCUT2D eigenvalue weighted by molar-refractivity contribution is 5.76. The van der Waals surface area contributed by atoms with Crippen molar-refractivity contribution in [3.63, 3.8) is 0 Å². The van der Waals surface area contributed by atoms with E-state index in [0.29, 0.717) is 6.61 Å².